The number of halogens is 2. The highest BCUT2D eigenvalue weighted by atomic mass is 79.9. The fourth-order valence-corrected chi connectivity index (χ4v) is 3.71. The highest BCUT2D eigenvalue weighted by Crippen LogP contribution is 2.41. The molecular weight excluding hydrogens is 396 g/mol. The molecule has 0 spiro atoms. The number of alkyl halides is 1. The second-order valence-corrected chi connectivity index (χ2v) is 6.46. The van der Waals surface area contributed by atoms with Crippen molar-refractivity contribution >= 4 is 31.9 Å². The van der Waals surface area contributed by atoms with Crippen molar-refractivity contribution < 1.29 is 9.47 Å². The smallest absolute Gasteiger partial charge is 0.161 e. The lowest BCUT2D eigenvalue weighted by molar-refractivity contribution is 0.354. The molecule has 0 aliphatic heterocycles. The van der Waals surface area contributed by atoms with Crippen LogP contribution in [-0.2, 0) is 6.42 Å². The summed E-state index contributed by atoms with van der Waals surface area (Å²) in [7, 11) is 3.29. The number of hydrogen-bond acceptors (Lipinski definition) is 2. The average molecular weight is 414 g/mol. The minimum atomic E-state index is 0.0950. The van der Waals surface area contributed by atoms with Gasteiger partial charge in [0.2, 0.25) is 0 Å². The number of methoxy groups -OCH3 is 2. The molecule has 21 heavy (non-hydrogen) atoms. The number of aryl methyl sites for hydroxylation is 1. The monoisotopic (exact) mass is 412 g/mol. The Morgan fingerprint density at radius 3 is 2.10 bits per heavy atom. The van der Waals surface area contributed by atoms with E-state index in [-0.39, 0.29) is 4.83 Å². The van der Waals surface area contributed by atoms with Crippen LogP contribution in [0, 0.1) is 0 Å². The van der Waals surface area contributed by atoms with Crippen LogP contribution in [0.15, 0.2) is 40.9 Å². The van der Waals surface area contributed by atoms with Crippen molar-refractivity contribution in [1.82, 2.24) is 0 Å². The third kappa shape index (κ3) is 3.61. The van der Waals surface area contributed by atoms with E-state index in [0.717, 1.165) is 22.2 Å². The van der Waals surface area contributed by atoms with Crippen LogP contribution in [0.4, 0.5) is 0 Å². The second-order valence-electron chi connectivity index (χ2n) is 4.69. The Kier molecular flexibility index (Phi) is 5.71. The first-order valence-corrected chi connectivity index (χ1v) is 8.45. The van der Waals surface area contributed by atoms with Crippen molar-refractivity contribution in [2.45, 2.75) is 18.2 Å². The minimum absolute atomic E-state index is 0.0950. The zero-order valence-corrected chi connectivity index (χ0v) is 15.5. The van der Waals surface area contributed by atoms with Gasteiger partial charge < -0.3 is 9.47 Å². The standard InChI is InChI=1S/C17H18Br2O2/c1-4-11-5-7-12(8-6-11)17(19)13-9-15(20-2)16(21-3)10-14(13)18/h5-10,17H,4H2,1-3H3. The van der Waals surface area contributed by atoms with Crippen LogP contribution in [0.5, 0.6) is 11.5 Å². The molecule has 0 aromatic heterocycles. The van der Waals surface area contributed by atoms with Gasteiger partial charge in [-0.25, -0.2) is 0 Å². The van der Waals surface area contributed by atoms with Gasteiger partial charge >= 0.3 is 0 Å². The molecule has 4 heteroatoms. The molecule has 0 fully saturated rings. The molecule has 2 aromatic carbocycles. The van der Waals surface area contributed by atoms with E-state index < -0.39 is 0 Å². The lowest BCUT2D eigenvalue weighted by Gasteiger charge is -2.16. The van der Waals surface area contributed by atoms with Gasteiger partial charge in [0, 0.05) is 4.47 Å². The zero-order valence-electron chi connectivity index (χ0n) is 12.3. The summed E-state index contributed by atoms with van der Waals surface area (Å²) in [5.74, 6) is 1.44. The number of hydrogen-bond donors (Lipinski definition) is 0. The Morgan fingerprint density at radius 1 is 1.00 bits per heavy atom. The van der Waals surface area contributed by atoms with E-state index in [1.165, 1.54) is 11.1 Å². The van der Waals surface area contributed by atoms with Gasteiger partial charge in [0.15, 0.2) is 11.5 Å². The predicted octanol–water partition coefficient (Wildman–Crippen LogP) is 5.51. The van der Waals surface area contributed by atoms with Crippen molar-refractivity contribution in [2.75, 3.05) is 14.2 Å². The van der Waals surface area contributed by atoms with Crippen LogP contribution < -0.4 is 9.47 Å². The summed E-state index contributed by atoms with van der Waals surface area (Å²) < 4.78 is 11.7. The molecule has 0 aliphatic rings. The first-order chi connectivity index (χ1) is 10.1. The summed E-state index contributed by atoms with van der Waals surface area (Å²) in [5.41, 5.74) is 3.65. The first kappa shape index (κ1) is 16.4. The fourth-order valence-electron chi connectivity index (χ4n) is 2.17. The van der Waals surface area contributed by atoms with Gasteiger partial charge in [-0.2, -0.15) is 0 Å². The highest BCUT2D eigenvalue weighted by molar-refractivity contribution is 9.11. The van der Waals surface area contributed by atoms with Gasteiger partial charge in [0.05, 0.1) is 19.0 Å². The van der Waals surface area contributed by atoms with Gasteiger partial charge in [-0.05, 0) is 35.2 Å². The van der Waals surface area contributed by atoms with Crippen molar-refractivity contribution in [2.24, 2.45) is 0 Å². The molecule has 0 heterocycles. The van der Waals surface area contributed by atoms with Gasteiger partial charge in [0.25, 0.3) is 0 Å². The molecule has 0 saturated carbocycles. The molecule has 2 rings (SSSR count). The number of rotatable bonds is 5. The SMILES string of the molecule is CCc1ccc(C(Br)c2cc(OC)c(OC)cc2Br)cc1. The van der Waals surface area contributed by atoms with E-state index in [0.29, 0.717) is 5.75 Å². The molecule has 0 amide bonds. The maximum absolute atomic E-state index is 5.39. The van der Waals surface area contributed by atoms with E-state index in [1.54, 1.807) is 14.2 Å². The molecule has 1 atom stereocenters. The molecule has 112 valence electrons. The number of benzene rings is 2. The summed E-state index contributed by atoms with van der Waals surface area (Å²) in [6.45, 7) is 2.16. The van der Waals surface area contributed by atoms with E-state index >= 15 is 0 Å². The summed E-state index contributed by atoms with van der Waals surface area (Å²) in [6.07, 6.45) is 1.05. The van der Waals surface area contributed by atoms with Crippen molar-refractivity contribution in [3.63, 3.8) is 0 Å². The predicted molar refractivity (Wildman–Crippen MR) is 93.8 cm³/mol. The molecule has 0 bridgehead atoms. The quantitative estimate of drug-likeness (QED) is 0.601. The molecule has 1 unspecified atom stereocenters. The van der Waals surface area contributed by atoms with Crippen LogP contribution in [0.3, 0.4) is 0 Å². The third-order valence-electron chi connectivity index (χ3n) is 3.46. The van der Waals surface area contributed by atoms with Gasteiger partial charge in [-0.3, -0.25) is 0 Å². The molecule has 2 aromatic rings. The maximum Gasteiger partial charge on any atom is 0.161 e. The lowest BCUT2D eigenvalue weighted by atomic mass is 10.0. The Morgan fingerprint density at radius 2 is 1.57 bits per heavy atom. The Bertz CT molecular complexity index is 609. The normalized spacial score (nSPS) is 12.0. The van der Waals surface area contributed by atoms with Crippen LogP contribution in [0.1, 0.15) is 28.4 Å². The summed E-state index contributed by atoms with van der Waals surface area (Å²) in [4.78, 5) is 0.0950. The van der Waals surface area contributed by atoms with Crippen molar-refractivity contribution in [3.05, 3.63) is 57.6 Å². The van der Waals surface area contributed by atoms with E-state index in [9.17, 15) is 0 Å². The summed E-state index contributed by atoms with van der Waals surface area (Å²) in [6, 6.07) is 12.6. The molecule has 0 saturated heterocycles. The Hall–Kier alpha value is -1.00. The van der Waals surface area contributed by atoms with E-state index in [4.69, 9.17) is 9.47 Å². The Balaban J connectivity index is 2.39. The van der Waals surface area contributed by atoms with E-state index in [2.05, 4.69) is 63.0 Å². The Labute approximate surface area is 142 Å². The van der Waals surface area contributed by atoms with Gasteiger partial charge in [-0.15, -0.1) is 0 Å². The topological polar surface area (TPSA) is 18.5 Å². The fraction of sp³-hybridized carbons (Fsp3) is 0.294. The molecular formula is C17H18Br2O2. The van der Waals surface area contributed by atoms with Crippen LogP contribution >= 0.6 is 31.9 Å². The molecule has 0 aliphatic carbocycles. The maximum atomic E-state index is 5.39. The van der Waals surface area contributed by atoms with Crippen molar-refractivity contribution in [3.8, 4) is 11.5 Å². The first-order valence-electron chi connectivity index (χ1n) is 6.75. The van der Waals surface area contributed by atoms with E-state index in [1.807, 2.05) is 12.1 Å². The minimum Gasteiger partial charge on any atom is -0.493 e. The zero-order chi connectivity index (χ0) is 15.4. The second kappa shape index (κ2) is 7.32. The summed E-state index contributed by atoms with van der Waals surface area (Å²) >= 11 is 7.39. The molecule has 0 N–H and O–H groups in total. The highest BCUT2D eigenvalue weighted by Gasteiger charge is 2.17. The van der Waals surface area contributed by atoms with Crippen LogP contribution in [0.2, 0.25) is 0 Å². The molecule has 0 radical (unpaired) electrons. The largest absolute Gasteiger partial charge is 0.493 e. The molecule has 2 nitrogen and oxygen atoms in total. The summed E-state index contributed by atoms with van der Waals surface area (Å²) in [5, 5.41) is 0. The average Bonchev–Trinajstić information content (AvgIpc) is 2.54. The van der Waals surface area contributed by atoms with Crippen LogP contribution in [0.25, 0.3) is 0 Å². The van der Waals surface area contributed by atoms with Gasteiger partial charge in [0.1, 0.15) is 0 Å². The van der Waals surface area contributed by atoms with Crippen LogP contribution in [-0.4, -0.2) is 14.2 Å². The lowest BCUT2D eigenvalue weighted by Crippen LogP contribution is -1.98. The van der Waals surface area contributed by atoms with Crippen molar-refractivity contribution in [1.29, 1.82) is 0 Å². The third-order valence-corrected chi connectivity index (χ3v) is 5.17. The number of ether oxygens (including phenoxy) is 2. The van der Waals surface area contributed by atoms with Gasteiger partial charge in [-0.1, -0.05) is 63.0 Å².